The SMILES string of the molecule is CCCC(=O)C(O[Si](C)(C)C(C)(C)C)[C@@H](NC(=O)OC(C)(C)C)C(C)C. The molecule has 0 aromatic rings. The Labute approximate surface area is 161 Å². The molecule has 0 saturated carbocycles. The largest absolute Gasteiger partial charge is 0.444 e. The number of amides is 1. The summed E-state index contributed by atoms with van der Waals surface area (Å²) in [6.45, 7) is 22.1. The van der Waals surface area contributed by atoms with E-state index in [1.807, 2.05) is 41.5 Å². The van der Waals surface area contributed by atoms with E-state index in [0.29, 0.717) is 6.42 Å². The number of carbonyl (C=O) groups is 2. The van der Waals surface area contributed by atoms with Crippen LogP contribution in [0.25, 0.3) is 0 Å². The summed E-state index contributed by atoms with van der Waals surface area (Å²) < 4.78 is 11.9. The minimum Gasteiger partial charge on any atom is -0.444 e. The molecule has 26 heavy (non-hydrogen) atoms. The molecule has 2 atom stereocenters. The van der Waals surface area contributed by atoms with Crippen LogP contribution in [0.5, 0.6) is 0 Å². The predicted octanol–water partition coefficient (Wildman–Crippen LogP) is 5.30. The molecule has 0 saturated heterocycles. The predicted molar refractivity (Wildman–Crippen MR) is 110 cm³/mol. The molecule has 1 amide bonds. The van der Waals surface area contributed by atoms with Crippen molar-refractivity contribution in [2.24, 2.45) is 5.92 Å². The fraction of sp³-hybridized carbons (Fsp3) is 0.900. The second kappa shape index (κ2) is 9.35. The van der Waals surface area contributed by atoms with Crippen LogP contribution in [0.15, 0.2) is 0 Å². The highest BCUT2D eigenvalue weighted by molar-refractivity contribution is 6.74. The van der Waals surface area contributed by atoms with Gasteiger partial charge in [0.25, 0.3) is 0 Å². The number of carbonyl (C=O) groups excluding carboxylic acids is 2. The quantitative estimate of drug-likeness (QED) is 0.574. The number of ether oxygens (including phenoxy) is 1. The number of rotatable bonds is 8. The highest BCUT2D eigenvalue weighted by Crippen LogP contribution is 2.38. The van der Waals surface area contributed by atoms with Crippen molar-refractivity contribution < 1.29 is 18.8 Å². The summed E-state index contributed by atoms with van der Waals surface area (Å²) in [4.78, 5) is 25.2. The van der Waals surface area contributed by atoms with Crippen LogP contribution in [0, 0.1) is 5.92 Å². The summed E-state index contributed by atoms with van der Waals surface area (Å²) in [7, 11) is -2.18. The molecule has 0 aromatic carbocycles. The van der Waals surface area contributed by atoms with Crippen molar-refractivity contribution in [2.75, 3.05) is 0 Å². The van der Waals surface area contributed by atoms with Crippen LogP contribution in [-0.4, -0.2) is 37.9 Å². The van der Waals surface area contributed by atoms with Crippen LogP contribution in [-0.2, 0) is 14.0 Å². The molecule has 0 spiro atoms. The number of ketones is 1. The van der Waals surface area contributed by atoms with E-state index in [-0.39, 0.29) is 16.7 Å². The minimum absolute atomic E-state index is 0.0226. The Morgan fingerprint density at radius 3 is 1.88 bits per heavy atom. The lowest BCUT2D eigenvalue weighted by atomic mass is 9.94. The van der Waals surface area contributed by atoms with Gasteiger partial charge in [-0.2, -0.15) is 0 Å². The molecule has 1 unspecified atom stereocenters. The smallest absolute Gasteiger partial charge is 0.407 e. The van der Waals surface area contributed by atoms with Gasteiger partial charge in [0.05, 0.1) is 6.04 Å². The summed E-state index contributed by atoms with van der Waals surface area (Å²) >= 11 is 0. The van der Waals surface area contributed by atoms with Gasteiger partial charge in [-0.05, 0) is 51.2 Å². The second-order valence-electron chi connectivity index (χ2n) is 9.93. The Kier molecular flexibility index (Phi) is 9.04. The average molecular weight is 388 g/mol. The summed E-state index contributed by atoms with van der Waals surface area (Å²) in [5.41, 5.74) is -0.588. The molecule has 0 aliphatic rings. The molecule has 0 aliphatic carbocycles. The molecule has 0 aliphatic heterocycles. The molecule has 154 valence electrons. The summed E-state index contributed by atoms with van der Waals surface area (Å²) in [6.07, 6.45) is 0.0408. The molecule has 0 bridgehead atoms. The third-order valence-corrected chi connectivity index (χ3v) is 9.22. The lowest BCUT2D eigenvalue weighted by Crippen LogP contribution is -2.57. The second-order valence-corrected chi connectivity index (χ2v) is 14.7. The molecule has 1 N–H and O–H groups in total. The zero-order chi connectivity index (χ0) is 20.9. The lowest BCUT2D eigenvalue weighted by molar-refractivity contribution is -0.128. The van der Waals surface area contributed by atoms with Gasteiger partial charge in [0.2, 0.25) is 0 Å². The van der Waals surface area contributed by atoms with Crippen LogP contribution in [0.1, 0.15) is 75.2 Å². The maximum Gasteiger partial charge on any atom is 0.407 e. The van der Waals surface area contributed by atoms with E-state index < -0.39 is 32.2 Å². The van der Waals surface area contributed by atoms with Crippen molar-refractivity contribution in [3.05, 3.63) is 0 Å². The molecule has 5 nitrogen and oxygen atoms in total. The lowest BCUT2D eigenvalue weighted by Gasteiger charge is -2.42. The van der Waals surface area contributed by atoms with Crippen LogP contribution in [0.3, 0.4) is 0 Å². The molecular weight excluding hydrogens is 346 g/mol. The van der Waals surface area contributed by atoms with Gasteiger partial charge in [-0.1, -0.05) is 41.5 Å². The first kappa shape index (κ1) is 25.1. The van der Waals surface area contributed by atoms with Crippen molar-refractivity contribution in [1.29, 1.82) is 0 Å². The van der Waals surface area contributed by atoms with E-state index in [1.54, 1.807) is 0 Å². The normalized spacial score (nSPS) is 15.5. The highest BCUT2D eigenvalue weighted by Gasteiger charge is 2.43. The highest BCUT2D eigenvalue weighted by atomic mass is 28.4. The third-order valence-electron chi connectivity index (χ3n) is 4.77. The van der Waals surface area contributed by atoms with Crippen molar-refractivity contribution in [2.45, 2.75) is 111 Å². The maximum absolute atomic E-state index is 12.9. The van der Waals surface area contributed by atoms with Crippen molar-refractivity contribution in [3.8, 4) is 0 Å². The summed E-state index contributed by atoms with van der Waals surface area (Å²) in [5, 5.41) is 2.88. The molecule has 0 rings (SSSR count). The van der Waals surface area contributed by atoms with E-state index in [2.05, 4.69) is 39.2 Å². The van der Waals surface area contributed by atoms with Crippen LogP contribution in [0.4, 0.5) is 4.79 Å². The minimum atomic E-state index is -2.18. The number of nitrogens with one attached hydrogen (secondary N) is 1. The topological polar surface area (TPSA) is 64.6 Å². The fourth-order valence-electron chi connectivity index (χ4n) is 2.26. The maximum atomic E-state index is 12.9. The van der Waals surface area contributed by atoms with Gasteiger partial charge in [-0.15, -0.1) is 0 Å². The van der Waals surface area contributed by atoms with Gasteiger partial charge in [-0.3, -0.25) is 4.79 Å². The Bertz CT molecular complexity index is 475. The Morgan fingerprint density at radius 1 is 1.04 bits per heavy atom. The van der Waals surface area contributed by atoms with Gasteiger partial charge < -0.3 is 14.5 Å². The van der Waals surface area contributed by atoms with Gasteiger partial charge in [0.15, 0.2) is 14.1 Å². The van der Waals surface area contributed by atoms with Crippen molar-refractivity contribution in [1.82, 2.24) is 5.32 Å². The number of hydrogen-bond acceptors (Lipinski definition) is 4. The van der Waals surface area contributed by atoms with E-state index in [0.717, 1.165) is 6.42 Å². The van der Waals surface area contributed by atoms with E-state index >= 15 is 0 Å². The zero-order valence-corrected chi connectivity index (χ0v) is 19.8. The molecule has 0 radical (unpaired) electrons. The number of alkyl carbamates (subject to hydrolysis) is 1. The summed E-state index contributed by atoms with van der Waals surface area (Å²) in [6, 6.07) is -0.418. The number of hydrogen-bond donors (Lipinski definition) is 1. The van der Waals surface area contributed by atoms with Gasteiger partial charge in [-0.25, -0.2) is 4.79 Å². The van der Waals surface area contributed by atoms with Crippen LogP contribution in [0.2, 0.25) is 18.1 Å². The Hall–Kier alpha value is -0.883. The Morgan fingerprint density at radius 2 is 1.54 bits per heavy atom. The standard InChI is InChI=1S/C20H41NO4Si/c1-12-13-15(22)17(25-26(10,11)20(7,8)9)16(14(2)3)21-18(23)24-19(4,5)6/h14,16-17H,12-13H2,1-11H3,(H,21,23)/t16-,17?/m0/s1. The van der Waals surface area contributed by atoms with Gasteiger partial charge in [0.1, 0.15) is 11.7 Å². The molecule has 0 fully saturated rings. The van der Waals surface area contributed by atoms with Gasteiger partial charge in [0, 0.05) is 6.42 Å². The molecular formula is C20H41NO4Si. The fourth-order valence-corrected chi connectivity index (χ4v) is 3.52. The van der Waals surface area contributed by atoms with Gasteiger partial charge >= 0.3 is 6.09 Å². The first-order chi connectivity index (χ1) is 11.5. The van der Waals surface area contributed by atoms with Crippen molar-refractivity contribution in [3.63, 3.8) is 0 Å². The van der Waals surface area contributed by atoms with Crippen LogP contribution < -0.4 is 5.32 Å². The van der Waals surface area contributed by atoms with E-state index in [1.165, 1.54) is 0 Å². The van der Waals surface area contributed by atoms with E-state index in [4.69, 9.17) is 9.16 Å². The molecule has 0 heterocycles. The zero-order valence-electron chi connectivity index (χ0n) is 18.8. The molecule has 6 heteroatoms. The average Bonchev–Trinajstić information content (AvgIpc) is 2.39. The third kappa shape index (κ3) is 8.21. The first-order valence-electron chi connectivity index (χ1n) is 9.72. The van der Waals surface area contributed by atoms with E-state index in [9.17, 15) is 9.59 Å². The number of Topliss-reactive ketones (excluding diaryl/α,β-unsaturated/α-hetero) is 1. The monoisotopic (exact) mass is 387 g/mol. The van der Waals surface area contributed by atoms with Crippen molar-refractivity contribution >= 4 is 20.2 Å². The Balaban J connectivity index is 5.64. The summed E-state index contributed by atoms with van der Waals surface area (Å²) in [5.74, 6) is 0.0881. The first-order valence-corrected chi connectivity index (χ1v) is 12.6. The van der Waals surface area contributed by atoms with Crippen LogP contribution >= 0.6 is 0 Å². The molecule has 0 aromatic heterocycles.